The third kappa shape index (κ3) is 5.06. The Hall–Kier alpha value is -1.00. The number of halogens is 2. The molecule has 1 heterocycles. The highest BCUT2D eigenvalue weighted by atomic mass is 19.3. The normalized spacial score (nSPS) is 39.6. The standard InChI is InChI=1S/C28H43F2NO/c1-20-21(7-4-10-26(20)32)11-12-22-8-5-16-27(2)23(13-14-25(22)27)15-18-31-17-6-9-24(19-31)28(3,29)30/h11-12,23-26,32H,1,4-10,13-19H2,2-3H3/b21-11-,22-12+/t23-,24?,25?,26?,27?/m1/s1. The lowest BCUT2D eigenvalue weighted by Gasteiger charge is -2.43. The predicted octanol–water partition coefficient (Wildman–Crippen LogP) is 6.91. The minimum absolute atomic E-state index is 0.343. The number of alkyl halides is 2. The van der Waals surface area contributed by atoms with Crippen LogP contribution in [0.5, 0.6) is 0 Å². The molecule has 1 saturated heterocycles. The lowest BCUT2D eigenvalue weighted by atomic mass is 9.63. The summed E-state index contributed by atoms with van der Waals surface area (Å²) in [4.78, 5) is 2.31. The van der Waals surface area contributed by atoms with Crippen LogP contribution in [0.1, 0.15) is 84.5 Å². The van der Waals surface area contributed by atoms with Crippen LogP contribution in [0.3, 0.4) is 0 Å². The smallest absolute Gasteiger partial charge is 0.249 e. The Kier molecular flexibility index (Phi) is 7.32. The Labute approximate surface area is 193 Å². The SMILES string of the molecule is C=C1/C(=C\C=C2/CCCC3(C)C2CC[C@@H]3CCN2CCCC(C(C)(F)F)C2)CCCC1O. The van der Waals surface area contributed by atoms with Gasteiger partial charge < -0.3 is 10.0 Å². The summed E-state index contributed by atoms with van der Waals surface area (Å²) in [6.45, 7) is 10.2. The van der Waals surface area contributed by atoms with E-state index >= 15 is 0 Å². The van der Waals surface area contributed by atoms with Gasteiger partial charge in [-0.2, -0.15) is 0 Å². The van der Waals surface area contributed by atoms with Gasteiger partial charge >= 0.3 is 0 Å². The first kappa shape index (κ1) is 24.1. The number of rotatable bonds is 5. The van der Waals surface area contributed by atoms with Gasteiger partial charge in [0.15, 0.2) is 0 Å². The fourth-order valence-electron chi connectivity index (χ4n) is 7.26. The summed E-state index contributed by atoms with van der Waals surface area (Å²) in [7, 11) is 0. The monoisotopic (exact) mass is 447 g/mol. The number of allylic oxidation sites excluding steroid dienone is 3. The molecule has 0 aromatic heterocycles. The summed E-state index contributed by atoms with van der Waals surface area (Å²) in [5, 5.41) is 10.1. The number of fused-ring (bicyclic) bond motifs is 1. The number of piperidine rings is 1. The first-order valence-corrected chi connectivity index (χ1v) is 13.1. The summed E-state index contributed by atoms with van der Waals surface area (Å²) < 4.78 is 27.7. The molecule has 180 valence electrons. The maximum atomic E-state index is 13.8. The predicted molar refractivity (Wildman–Crippen MR) is 128 cm³/mol. The Bertz CT molecular complexity index is 751. The summed E-state index contributed by atoms with van der Waals surface area (Å²) in [6.07, 6.45) is 16.1. The van der Waals surface area contributed by atoms with Gasteiger partial charge in [-0.1, -0.05) is 31.2 Å². The van der Waals surface area contributed by atoms with E-state index in [1.54, 1.807) is 5.57 Å². The summed E-state index contributed by atoms with van der Waals surface area (Å²) >= 11 is 0. The molecule has 4 unspecified atom stereocenters. The Morgan fingerprint density at radius 3 is 2.72 bits per heavy atom. The zero-order valence-electron chi connectivity index (χ0n) is 20.2. The van der Waals surface area contributed by atoms with Crippen LogP contribution in [0.25, 0.3) is 0 Å². The van der Waals surface area contributed by atoms with E-state index in [4.69, 9.17) is 0 Å². The molecule has 1 aliphatic heterocycles. The quantitative estimate of drug-likeness (QED) is 0.495. The molecule has 1 N–H and O–H groups in total. The first-order chi connectivity index (χ1) is 15.2. The highest BCUT2D eigenvalue weighted by Crippen LogP contribution is 2.58. The second-order valence-corrected chi connectivity index (χ2v) is 11.4. The molecule has 0 amide bonds. The van der Waals surface area contributed by atoms with E-state index in [9.17, 15) is 13.9 Å². The zero-order chi connectivity index (χ0) is 22.9. The van der Waals surface area contributed by atoms with Crippen LogP contribution in [0.15, 0.2) is 35.5 Å². The van der Waals surface area contributed by atoms with Crippen molar-refractivity contribution < 1.29 is 13.9 Å². The maximum Gasteiger partial charge on any atom is 0.249 e. The van der Waals surface area contributed by atoms with Crippen LogP contribution in [-0.4, -0.2) is 41.7 Å². The van der Waals surface area contributed by atoms with Crippen molar-refractivity contribution in [3.05, 3.63) is 35.5 Å². The number of aliphatic hydroxyl groups excluding tert-OH is 1. The highest BCUT2D eigenvalue weighted by molar-refractivity contribution is 5.37. The third-order valence-electron chi connectivity index (χ3n) is 9.41. The van der Waals surface area contributed by atoms with Crippen LogP contribution in [0.2, 0.25) is 0 Å². The lowest BCUT2D eigenvalue weighted by Crippen LogP contribution is -2.43. The topological polar surface area (TPSA) is 23.5 Å². The zero-order valence-corrected chi connectivity index (χ0v) is 20.2. The van der Waals surface area contributed by atoms with Gasteiger partial charge in [0, 0.05) is 12.5 Å². The molecule has 32 heavy (non-hydrogen) atoms. The molecule has 0 aromatic rings. The van der Waals surface area contributed by atoms with Crippen LogP contribution < -0.4 is 0 Å². The number of hydrogen-bond acceptors (Lipinski definition) is 2. The van der Waals surface area contributed by atoms with Crippen molar-refractivity contribution in [3.63, 3.8) is 0 Å². The van der Waals surface area contributed by atoms with E-state index in [-0.39, 0.29) is 6.10 Å². The van der Waals surface area contributed by atoms with Crippen molar-refractivity contribution in [2.75, 3.05) is 19.6 Å². The molecule has 2 nitrogen and oxygen atoms in total. The molecule has 4 rings (SSSR count). The number of nitrogens with zero attached hydrogens (tertiary/aromatic N) is 1. The van der Waals surface area contributed by atoms with Gasteiger partial charge in [-0.25, -0.2) is 8.78 Å². The fraction of sp³-hybridized carbons (Fsp3) is 0.786. The summed E-state index contributed by atoms with van der Waals surface area (Å²) in [6, 6.07) is 0. The van der Waals surface area contributed by atoms with Crippen LogP contribution in [0.4, 0.5) is 8.78 Å². The lowest BCUT2D eigenvalue weighted by molar-refractivity contribution is -0.0671. The van der Waals surface area contributed by atoms with Gasteiger partial charge in [-0.15, -0.1) is 0 Å². The van der Waals surface area contributed by atoms with E-state index in [2.05, 4.69) is 30.6 Å². The second-order valence-electron chi connectivity index (χ2n) is 11.4. The molecular weight excluding hydrogens is 404 g/mol. The average molecular weight is 448 g/mol. The molecule has 3 saturated carbocycles. The van der Waals surface area contributed by atoms with E-state index in [1.807, 2.05) is 0 Å². The fourth-order valence-corrected chi connectivity index (χ4v) is 7.26. The Balaban J connectivity index is 1.39. The van der Waals surface area contributed by atoms with Crippen LogP contribution in [0, 0.1) is 23.2 Å². The molecule has 4 aliphatic rings. The van der Waals surface area contributed by atoms with E-state index < -0.39 is 11.8 Å². The molecule has 4 fully saturated rings. The van der Waals surface area contributed by atoms with Gasteiger partial charge in [-0.3, -0.25) is 0 Å². The second kappa shape index (κ2) is 9.70. The van der Waals surface area contributed by atoms with Crippen molar-refractivity contribution in [2.45, 2.75) is 96.5 Å². The van der Waals surface area contributed by atoms with Crippen molar-refractivity contribution in [1.29, 1.82) is 0 Å². The number of likely N-dealkylation sites (tertiary alicyclic amines) is 1. The first-order valence-electron chi connectivity index (χ1n) is 13.1. The van der Waals surface area contributed by atoms with Crippen molar-refractivity contribution in [2.24, 2.45) is 23.2 Å². The molecule has 3 aliphatic carbocycles. The van der Waals surface area contributed by atoms with Crippen molar-refractivity contribution >= 4 is 0 Å². The number of hydrogen-bond donors (Lipinski definition) is 1. The molecule has 0 radical (unpaired) electrons. The van der Waals surface area contributed by atoms with E-state index in [1.165, 1.54) is 37.7 Å². The molecular formula is C28H43F2NO. The molecule has 0 spiro atoms. The maximum absolute atomic E-state index is 13.8. The van der Waals surface area contributed by atoms with Crippen molar-refractivity contribution in [3.8, 4) is 0 Å². The van der Waals surface area contributed by atoms with Gasteiger partial charge in [0.2, 0.25) is 5.92 Å². The molecule has 0 aromatic carbocycles. The number of aliphatic hydroxyl groups is 1. The van der Waals surface area contributed by atoms with Crippen LogP contribution >= 0.6 is 0 Å². The van der Waals surface area contributed by atoms with Gasteiger partial charge in [-0.05, 0) is 119 Å². The van der Waals surface area contributed by atoms with E-state index in [0.29, 0.717) is 30.2 Å². The summed E-state index contributed by atoms with van der Waals surface area (Å²) in [5.41, 5.74) is 4.07. The Morgan fingerprint density at radius 1 is 1.12 bits per heavy atom. The van der Waals surface area contributed by atoms with E-state index in [0.717, 1.165) is 57.7 Å². The summed E-state index contributed by atoms with van der Waals surface area (Å²) in [5.74, 6) is -1.69. The minimum atomic E-state index is -2.56. The Morgan fingerprint density at radius 2 is 1.94 bits per heavy atom. The largest absolute Gasteiger partial charge is 0.388 e. The third-order valence-corrected chi connectivity index (χ3v) is 9.41. The minimum Gasteiger partial charge on any atom is -0.388 e. The van der Waals surface area contributed by atoms with Crippen LogP contribution in [-0.2, 0) is 0 Å². The van der Waals surface area contributed by atoms with Gasteiger partial charge in [0.25, 0.3) is 0 Å². The van der Waals surface area contributed by atoms with Gasteiger partial charge in [0.1, 0.15) is 0 Å². The molecule has 4 heteroatoms. The van der Waals surface area contributed by atoms with Crippen molar-refractivity contribution in [1.82, 2.24) is 4.90 Å². The highest BCUT2D eigenvalue weighted by Gasteiger charge is 2.49. The molecule has 0 bridgehead atoms. The average Bonchev–Trinajstić information content (AvgIpc) is 3.09. The van der Waals surface area contributed by atoms with Gasteiger partial charge in [0.05, 0.1) is 6.10 Å². The molecule has 5 atom stereocenters.